The first-order valence-corrected chi connectivity index (χ1v) is 15.5. The fourth-order valence-electron chi connectivity index (χ4n) is 5.34. The topological polar surface area (TPSA) is 136 Å². The highest BCUT2D eigenvalue weighted by molar-refractivity contribution is 6.30. The Hall–Kier alpha value is -4.21. The van der Waals surface area contributed by atoms with Gasteiger partial charge in [0.2, 0.25) is 11.7 Å². The van der Waals surface area contributed by atoms with E-state index in [9.17, 15) is 17.6 Å². The molecule has 2 saturated heterocycles. The molecule has 47 heavy (non-hydrogen) atoms. The van der Waals surface area contributed by atoms with Crippen LogP contribution in [0.25, 0.3) is 0 Å². The number of amidine groups is 2. The molecule has 0 radical (unpaired) electrons. The minimum Gasteiger partial charge on any atom is -0.473 e. The molecule has 0 bridgehead atoms. The molecule has 0 aliphatic carbocycles. The molecule has 1 atom stereocenters. The van der Waals surface area contributed by atoms with Crippen LogP contribution in [0, 0.1) is 11.2 Å². The lowest BCUT2D eigenvalue weighted by Gasteiger charge is -2.37. The molecular weight excluding hydrogens is 642 g/mol. The SMILES string of the molecule is C=NC(=CC(N)=C1N=C(C(F)(F)F)NN1)C(=N)N(CCN1CCC(c2cccc(OCc3ccc(Cl)cc3F)n2)CC1)CC1CCO1. The van der Waals surface area contributed by atoms with Gasteiger partial charge in [0.05, 0.1) is 11.8 Å². The van der Waals surface area contributed by atoms with Crippen LogP contribution in [0.1, 0.15) is 36.4 Å². The Balaban J connectivity index is 1.17. The molecule has 2 fully saturated rings. The number of alkyl halides is 3. The number of aromatic nitrogens is 1. The average molecular weight is 678 g/mol. The number of pyridine rings is 1. The zero-order valence-electron chi connectivity index (χ0n) is 25.5. The van der Waals surface area contributed by atoms with E-state index in [0.717, 1.165) is 38.0 Å². The van der Waals surface area contributed by atoms with Crippen LogP contribution in [-0.4, -0.2) is 84.8 Å². The number of halogens is 5. The molecule has 5 rings (SSSR count). The summed E-state index contributed by atoms with van der Waals surface area (Å²) in [6.45, 7) is 7.47. The van der Waals surface area contributed by atoms with Crippen LogP contribution >= 0.6 is 11.6 Å². The van der Waals surface area contributed by atoms with Gasteiger partial charge in [-0.15, -0.1) is 0 Å². The summed E-state index contributed by atoms with van der Waals surface area (Å²) in [6, 6.07) is 10.1. The number of allylic oxidation sites excluding steroid dienone is 1. The molecule has 4 heterocycles. The lowest BCUT2D eigenvalue weighted by atomic mass is 9.93. The molecule has 0 amide bonds. The van der Waals surface area contributed by atoms with Gasteiger partial charge in [-0.1, -0.05) is 23.7 Å². The average Bonchev–Trinajstić information content (AvgIpc) is 3.54. The number of nitrogens with two attached hydrogens (primary N) is 1. The fraction of sp³-hybridized carbons (Fsp3) is 0.419. The molecule has 252 valence electrons. The van der Waals surface area contributed by atoms with Gasteiger partial charge in [0, 0.05) is 54.5 Å². The zero-order chi connectivity index (χ0) is 33.6. The van der Waals surface area contributed by atoms with Gasteiger partial charge in [-0.25, -0.2) is 14.4 Å². The van der Waals surface area contributed by atoms with Gasteiger partial charge in [-0.05, 0) is 63.3 Å². The van der Waals surface area contributed by atoms with E-state index >= 15 is 0 Å². The Bertz CT molecular complexity index is 1550. The summed E-state index contributed by atoms with van der Waals surface area (Å²) in [6.07, 6.45) is -0.837. The first-order chi connectivity index (χ1) is 22.5. The van der Waals surface area contributed by atoms with Crippen LogP contribution in [0.4, 0.5) is 17.6 Å². The molecule has 1 unspecified atom stereocenters. The van der Waals surface area contributed by atoms with E-state index in [4.69, 9.17) is 32.2 Å². The first-order valence-electron chi connectivity index (χ1n) is 15.1. The van der Waals surface area contributed by atoms with Crippen molar-refractivity contribution in [1.82, 2.24) is 25.6 Å². The van der Waals surface area contributed by atoms with E-state index in [2.05, 4.69) is 32.0 Å². The Labute approximate surface area is 274 Å². The van der Waals surface area contributed by atoms with E-state index < -0.39 is 17.8 Å². The van der Waals surface area contributed by atoms with Gasteiger partial charge in [-0.3, -0.25) is 21.3 Å². The summed E-state index contributed by atoms with van der Waals surface area (Å²) >= 11 is 5.84. The molecule has 1 aromatic carbocycles. The maximum absolute atomic E-state index is 14.1. The van der Waals surface area contributed by atoms with Crippen LogP contribution in [0.2, 0.25) is 5.02 Å². The minimum atomic E-state index is -4.67. The normalized spacial score (nSPS) is 20.1. The molecular formula is C31H36ClF4N9O2. The second-order valence-corrected chi connectivity index (χ2v) is 11.8. The summed E-state index contributed by atoms with van der Waals surface area (Å²) in [4.78, 5) is 16.2. The van der Waals surface area contributed by atoms with Crippen LogP contribution in [0.3, 0.4) is 0 Å². The number of piperidine rings is 1. The van der Waals surface area contributed by atoms with Gasteiger partial charge in [0.1, 0.15) is 24.0 Å². The maximum Gasteiger partial charge on any atom is 0.451 e. The van der Waals surface area contributed by atoms with E-state index in [0.29, 0.717) is 42.7 Å². The van der Waals surface area contributed by atoms with Gasteiger partial charge in [0.15, 0.2) is 5.82 Å². The number of nitrogens with one attached hydrogen (secondary N) is 3. The Kier molecular flexibility index (Phi) is 11.0. The summed E-state index contributed by atoms with van der Waals surface area (Å²) < 4.78 is 64.4. The molecule has 1 aromatic heterocycles. The number of benzene rings is 1. The number of nitrogens with zero attached hydrogens (tertiary/aromatic N) is 5. The summed E-state index contributed by atoms with van der Waals surface area (Å²) in [5, 5.41) is 9.19. The predicted molar refractivity (Wildman–Crippen MR) is 171 cm³/mol. The third-order valence-corrected chi connectivity index (χ3v) is 8.37. The number of hydrazine groups is 1. The number of hydrogen-bond acceptors (Lipinski definition) is 10. The predicted octanol–water partition coefficient (Wildman–Crippen LogP) is 4.48. The van der Waals surface area contributed by atoms with Crippen molar-refractivity contribution < 1.29 is 27.0 Å². The number of rotatable bonds is 12. The van der Waals surface area contributed by atoms with Crippen molar-refractivity contribution in [3.8, 4) is 5.88 Å². The van der Waals surface area contributed by atoms with Crippen molar-refractivity contribution >= 4 is 30.0 Å². The first kappa shape index (κ1) is 34.1. The van der Waals surface area contributed by atoms with E-state index in [-0.39, 0.29) is 41.7 Å². The van der Waals surface area contributed by atoms with Crippen molar-refractivity contribution in [3.63, 3.8) is 0 Å². The lowest BCUT2D eigenvalue weighted by molar-refractivity contribution is -0.0615. The second kappa shape index (κ2) is 15.1. The molecule has 11 nitrogen and oxygen atoms in total. The maximum atomic E-state index is 14.1. The Morgan fingerprint density at radius 3 is 2.64 bits per heavy atom. The molecule has 2 aromatic rings. The third-order valence-electron chi connectivity index (χ3n) is 8.13. The molecule has 0 saturated carbocycles. The van der Waals surface area contributed by atoms with Crippen molar-refractivity contribution in [2.45, 2.75) is 44.1 Å². The molecule has 5 N–H and O–H groups in total. The monoisotopic (exact) mass is 677 g/mol. The van der Waals surface area contributed by atoms with E-state index in [1.807, 2.05) is 22.5 Å². The van der Waals surface area contributed by atoms with Gasteiger partial charge < -0.3 is 25.0 Å². The standard InChI is InChI=1S/C31H36ClF4N9O2/c1-39-26(16-24(37)29-41-30(43-42-29)31(34,35)36)28(38)45(17-22-9-14-46-22)13-12-44-10-7-19(8-11-44)25-3-2-4-27(40-25)47-18-20-5-6-21(32)15-23(20)33/h2-6,15-16,19,22,38,42H,1,7-14,17-18,37H2,(H,41,43). The van der Waals surface area contributed by atoms with Crippen LogP contribution in [-0.2, 0) is 11.3 Å². The van der Waals surface area contributed by atoms with Crippen molar-refractivity contribution in [1.29, 1.82) is 5.41 Å². The van der Waals surface area contributed by atoms with Crippen LogP contribution in [0.15, 0.2) is 69.7 Å². The molecule has 3 aliphatic heterocycles. The van der Waals surface area contributed by atoms with E-state index in [1.165, 1.54) is 12.1 Å². The van der Waals surface area contributed by atoms with Crippen molar-refractivity contribution in [2.24, 2.45) is 15.7 Å². The number of hydrogen-bond donors (Lipinski definition) is 4. The lowest BCUT2D eigenvalue weighted by Crippen LogP contribution is -2.47. The highest BCUT2D eigenvalue weighted by Gasteiger charge is 2.39. The highest BCUT2D eigenvalue weighted by atomic mass is 35.5. The largest absolute Gasteiger partial charge is 0.473 e. The number of likely N-dealkylation sites (tertiary alicyclic amines) is 1. The highest BCUT2D eigenvalue weighted by Crippen LogP contribution is 2.28. The quantitative estimate of drug-likeness (QED) is 0.147. The molecule has 3 aliphatic rings. The fourth-order valence-corrected chi connectivity index (χ4v) is 5.49. The number of aliphatic imine (C=N–C) groups is 2. The summed E-state index contributed by atoms with van der Waals surface area (Å²) in [5.41, 5.74) is 11.5. The van der Waals surface area contributed by atoms with Crippen LogP contribution in [0.5, 0.6) is 5.88 Å². The third kappa shape index (κ3) is 8.99. The number of ether oxygens (including phenoxy) is 2. The minimum absolute atomic E-state index is 0.0272. The van der Waals surface area contributed by atoms with Crippen LogP contribution < -0.4 is 21.3 Å². The molecule has 0 spiro atoms. The van der Waals surface area contributed by atoms with Crippen molar-refractivity contribution in [3.05, 3.63) is 81.8 Å². The zero-order valence-corrected chi connectivity index (χ0v) is 26.2. The van der Waals surface area contributed by atoms with Crippen molar-refractivity contribution in [2.75, 3.05) is 39.3 Å². The van der Waals surface area contributed by atoms with Gasteiger partial charge in [-0.2, -0.15) is 13.2 Å². The van der Waals surface area contributed by atoms with Gasteiger partial charge >= 0.3 is 6.18 Å². The summed E-state index contributed by atoms with van der Waals surface area (Å²) in [7, 11) is 0. The smallest absolute Gasteiger partial charge is 0.451 e. The van der Waals surface area contributed by atoms with E-state index in [1.54, 1.807) is 18.2 Å². The Morgan fingerprint density at radius 1 is 1.23 bits per heavy atom. The molecule has 16 heteroatoms. The Morgan fingerprint density at radius 2 is 2.00 bits per heavy atom. The second-order valence-electron chi connectivity index (χ2n) is 11.3. The summed E-state index contributed by atoms with van der Waals surface area (Å²) in [5.74, 6) is -1.20. The van der Waals surface area contributed by atoms with Gasteiger partial charge in [0.25, 0.3) is 0 Å².